The minimum atomic E-state index is 0.409. The summed E-state index contributed by atoms with van der Waals surface area (Å²) < 4.78 is 5.69. The normalized spacial score (nSPS) is 24.4. The van der Waals surface area contributed by atoms with Crippen LogP contribution in [0.4, 0.5) is 0 Å². The highest BCUT2D eigenvalue weighted by Crippen LogP contribution is 2.12. The third kappa shape index (κ3) is 4.40. The monoisotopic (exact) mass is 199 g/mol. The molecule has 14 heavy (non-hydrogen) atoms. The SMILES string of the molecule is C[C](C)CN1CCO[C@H](CCCN)C1. The summed E-state index contributed by atoms with van der Waals surface area (Å²) >= 11 is 0. The van der Waals surface area contributed by atoms with E-state index in [9.17, 15) is 0 Å². The average Bonchev–Trinajstić information content (AvgIpc) is 2.14. The van der Waals surface area contributed by atoms with Crippen molar-refractivity contribution in [2.75, 3.05) is 32.8 Å². The first-order valence-electron chi connectivity index (χ1n) is 5.55. The lowest BCUT2D eigenvalue weighted by molar-refractivity contribution is -0.0308. The molecule has 1 saturated heterocycles. The van der Waals surface area contributed by atoms with Gasteiger partial charge in [0.05, 0.1) is 12.7 Å². The van der Waals surface area contributed by atoms with E-state index in [4.69, 9.17) is 10.5 Å². The van der Waals surface area contributed by atoms with Crippen molar-refractivity contribution in [1.29, 1.82) is 0 Å². The first-order chi connectivity index (χ1) is 6.72. The molecule has 2 N–H and O–H groups in total. The van der Waals surface area contributed by atoms with Crippen LogP contribution in [0.1, 0.15) is 26.7 Å². The summed E-state index contributed by atoms with van der Waals surface area (Å²) in [5.41, 5.74) is 5.49. The maximum absolute atomic E-state index is 5.69. The first-order valence-corrected chi connectivity index (χ1v) is 5.55. The molecule has 1 heterocycles. The van der Waals surface area contributed by atoms with Gasteiger partial charge in [-0.05, 0) is 25.3 Å². The molecule has 0 bridgehead atoms. The van der Waals surface area contributed by atoms with Crippen LogP contribution >= 0.6 is 0 Å². The van der Waals surface area contributed by atoms with Crippen LogP contribution in [0.3, 0.4) is 0 Å². The van der Waals surface area contributed by atoms with E-state index in [2.05, 4.69) is 18.7 Å². The zero-order valence-corrected chi connectivity index (χ0v) is 9.46. The predicted molar refractivity (Wildman–Crippen MR) is 59.1 cm³/mol. The molecule has 1 aliphatic heterocycles. The lowest BCUT2D eigenvalue weighted by atomic mass is 10.1. The molecule has 0 aromatic rings. The lowest BCUT2D eigenvalue weighted by Gasteiger charge is -2.33. The molecule has 0 spiro atoms. The molecule has 1 atom stereocenters. The predicted octanol–water partition coefficient (Wildman–Crippen LogP) is 1.04. The van der Waals surface area contributed by atoms with Crippen LogP contribution in [0, 0.1) is 5.92 Å². The van der Waals surface area contributed by atoms with E-state index in [0.29, 0.717) is 6.10 Å². The maximum Gasteiger partial charge on any atom is 0.0703 e. The number of hydrogen-bond acceptors (Lipinski definition) is 3. The van der Waals surface area contributed by atoms with Crippen LogP contribution in [0.15, 0.2) is 0 Å². The fourth-order valence-corrected chi connectivity index (χ4v) is 1.89. The second-order valence-electron chi connectivity index (χ2n) is 4.37. The molecule has 1 rings (SSSR count). The van der Waals surface area contributed by atoms with E-state index in [0.717, 1.165) is 45.6 Å². The van der Waals surface area contributed by atoms with Crippen molar-refractivity contribution in [3.8, 4) is 0 Å². The van der Waals surface area contributed by atoms with Gasteiger partial charge in [-0.25, -0.2) is 0 Å². The number of nitrogens with two attached hydrogens (primary N) is 1. The Kier molecular flexibility index (Phi) is 5.45. The second kappa shape index (κ2) is 6.38. The molecule has 3 heteroatoms. The van der Waals surface area contributed by atoms with Crippen molar-refractivity contribution in [3.05, 3.63) is 5.92 Å². The lowest BCUT2D eigenvalue weighted by Crippen LogP contribution is -2.43. The van der Waals surface area contributed by atoms with E-state index < -0.39 is 0 Å². The highest BCUT2D eigenvalue weighted by molar-refractivity contribution is 4.84. The van der Waals surface area contributed by atoms with Gasteiger partial charge in [-0.15, -0.1) is 0 Å². The summed E-state index contributed by atoms with van der Waals surface area (Å²) in [4.78, 5) is 2.47. The Morgan fingerprint density at radius 3 is 2.93 bits per heavy atom. The van der Waals surface area contributed by atoms with Gasteiger partial charge in [-0.1, -0.05) is 13.8 Å². The van der Waals surface area contributed by atoms with Gasteiger partial charge in [0.15, 0.2) is 0 Å². The number of rotatable bonds is 5. The number of morpholine rings is 1. The van der Waals surface area contributed by atoms with Gasteiger partial charge in [0.2, 0.25) is 0 Å². The molecule has 1 fully saturated rings. The zero-order valence-electron chi connectivity index (χ0n) is 9.46. The molecule has 1 radical (unpaired) electrons. The molecule has 83 valence electrons. The third-order valence-electron chi connectivity index (χ3n) is 2.49. The van der Waals surface area contributed by atoms with Gasteiger partial charge >= 0.3 is 0 Å². The van der Waals surface area contributed by atoms with Crippen LogP contribution in [0.5, 0.6) is 0 Å². The minimum absolute atomic E-state index is 0.409. The van der Waals surface area contributed by atoms with Crippen molar-refractivity contribution >= 4 is 0 Å². The van der Waals surface area contributed by atoms with Crippen molar-refractivity contribution in [2.24, 2.45) is 5.73 Å². The quantitative estimate of drug-likeness (QED) is 0.719. The highest BCUT2D eigenvalue weighted by Gasteiger charge is 2.20. The van der Waals surface area contributed by atoms with Gasteiger partial charge in [-0.2, -0.15) is 0 Å². The van der Waals surface area contributed by atoms with E-state index >= 15 is 0 Å². The van der Waals surface area contributed by atoms with Crippen molar-refractivity contribution < 1.29 is 4.74 Å². The smallest absolute Gasteiger partial charge is 0.0703 e. The number of nitrogens with zero attached hydrogens (tertiary/aromatic N) is 1. The molecular weight excluding hydrogens is 176 g/mol. The van der Waals surface area contributed by atoms with Crippen LogP contribution in [-0.2, 0) is 4.74 Å². The Hall–Kier alpha value is -0.120. The Morgan fingerprint density at radius 1 is 1.50 bits per heavy atom. The molecule has 0 saturated carbocycles. The Labute approximate surface area is 87.6 Å². The summed E-state index contributed by atoms with van der Waals surface area (Å²) in [6.07, 6.45) is 2.59. The standard InChI is InChI=1S/C11H23N2O/c1-10(2)8-13-6-7-14-11(9-13)4-3-5-12/h11H,3-9,12H2,1-2H3/t11-/m1/s1. The summed E-state index contributed by atoms with van der Waals surface area (Å²) in [7, 11) is 0. The molecule has 3 nitrogen and oxygen atoms in total. The molecule has 0 aromatic heterocycles. The number of hydrogen-bond donors (Lipinski definition) is 1. The van der Waals surface area contributed by atoms with E-state index in [1.165, 1.54) is 5.92 Å². The van der Waals surface area contributed by atoms with Gasteiger partial charge < -0.3 is 10.5 Å². The van der Waals surface area contributed by atoms with Gasteiger partial charge in [0, 0.05) is 19.6 Å². The minimum Gasteiger partial charge on any atom is -0.376 e. The summed E-state index contributed by atoms with van der Waals surface area (Å²) in [5, 5.41) is 0. The topological polar surface area (TPSA) is 38.5 Å². The molecule has 1 aliphatic rings. The third-order valence-corrected chi connectivity index (χ3v) is 2.49. The van der Waals surface area contributed by atoms with Crippen molar-refractivity contribution in [1.82, 2.24) is 4.90 Å². The Bertz CT molecular complexity index is 150. The Balaban J connectivity index is 2.21. The fraction of sp³-hybridized carbons (Fsp3) is 0.909. The van der Waals surface area contributed by atoms with Crippen molar-refractivity contribution in [2.45, 2.75) is 32.8 Å². The van der Waals surface area contributed by atoms with Crippen LogP contribution < -0.4 is 5.73 Å². The summed E-state index contributed by atoms with van der Waals surface area (Å²) in [6, 6.07) is 0. The second-order valence-corrected chi connectivity index (χ2v) is 4.37. The molecule has 0 aliphatic carbocycles. The molecular formula is C11H23N2O. The number of ether oxygens (including phenoxy) is 1. The zero-order chi connectivity index (χ0) is 10.4. The average molecular weight is 199 g/mol. The van der Waals surface area contributed by atoms with Crippen LogP contribution in [0.2, 0.25) is 0 Å². The molecule has 0 unspecified atom stereocenters. The van der Waals surface area contributed by atoms with Gasteiger partial charge in [0.25, 0.3) is 0 Å². The largest absolute Gasteiger partial charge is 0.376 e. The first kappa shape index (κ1) is 12.0. The summed E-state index contributed by atoms with van der Waals surface area (Å²) in [6.45, 7) is 9.29. The molecule has 0 aromatic carbocycles. The fourth-order valence-electron chi connectivity index (χ4n) is 1.89. The maximum atomic E-state index is 5.69. The Morgan fingerprint density at radius 2 is 2.29 bits per heavy atom. The highest BCUT2D eigenvalue weighted by atomic mass is 16.5. The molecule has 0 amide bonds. The van der Waals surface area contributed by atoms with Gasteiger partial charge in [0.1, 0.15) is 0 Å². The van der Waals surface area contributed by atoms with Crippen LogP contribution in [-0.4, -0.2) is 43.8 Å². The van der Waals surface area contributed by atoms with Crippen molar-refractivity contribution in [3.63, 3.8) is 0 Å². The van der Waals surface area contributed by atoms with E-state index in [-0.39, 0.29) is 0 Å². The van der Waals surface area contributed by atoms with Crippen LogP contribution in [0.25, 0.3) is 0 Å². The summed E-state index contributed by atoms with van der Waals surface area (Å²) in [5.74, 6) is 1.48. The van der Waals surface area contributed by atoms with E-state index in [1.807, 2.05) is 0 Å². The van der Waals surface area contributed by atoms with E-state index in [1.54, 1.807) is 0 Å². The van der Waals surface area contributed by atoms with Gasteiger partial charge in [-0.3, -0.25) is 4.90 Å².